The second-order valence-corrected chi connectivity index (χ2v) is 4.21. The van der Waals surface area contributed by atoms with Gasteiger partial charge >= 0.3 is 0 Å². The average molecular weight is 261 g/mol. The van der Waals surface area contributed by atoms with E-state index in [1.807, 2.05) is 13.8 Å². The van der Waals surface area contributed by atoms with Crippen LogP contribution in [0, 0.1) is 17.5 Å². The highest BCUT2D eigenvalue weighted by Gasteiger charge is 2.18. The Labute approximate surface area is 105 Å². The second kappa shape index (κ2) is 6.75. The zero-order valence-electron chi connectivity index (χ0n) is 10.5. The van der Waals surface area contributed by atoms with Gasteiger partial charge in [0.15, 0.2) is 17.5 Å². The van der Waals surface area contributed by atoms with Gasteiger partial charge in [-0.25, -0.2) is 13.2 Å². The minimum Gasteiger partial charge on any atom is -0.394 e. The van der Waals surface area contributed by atoms with Crippen LogP contribution in [0.15, 0.2) is 12.1 Å². The summed E-state index contributed by atoms with van der Waals surface area (Å²) in [7, 11) is 0. The number of nitrogens with one attached hydrogen (secondary N) is 1. The molecule has 18 heavy (non-hydrogen) atoms. The van der Waals surface area contributed by atoms with Gasteiger partial charge in [-0.2, -0.15) is 0 Å². The van der Waals surface area contributed by atoms with Crippen molar-refractivity contribution in [2.75, 3.05) is 6.61 Å². The highest BCUT2D eigenvalue weighted by molar-refractivity contribution is 5.23. The standard InChI is InChI=1S/C13H18F3NO/c1-3-9(4-2)17-12(7-18)8-5-10(14)13(16)11(15)6-8/h5-6,9,12,17-18H,3-4,7H2,1-2H3. The Morgan fingerprint density at radius 3 is 2.00 bits per heavy atom. The van der Waals surface area contributed by atoms with Gasteiger partial charge in [0, 0.05) is 6.04 Å². The van der Waals surface area contributed by atoms with E-state index in [1.54, 1.807) is 0 Å². The molecular weight excluding hydrogens is 243 g/mol. The van der Waals surface area contributed by atoms with Crippen molar-refractivity contribution in [2.24, 2.45) is 0 Å². The molecule has 1 atom stereocenters. The van der Waals surface area contributed by atoms with Gasteiger partial charge in [-0.3, -0.25) is 0 Å². The molecule has 0 aliphatic heterocycles. The van der Waals surface area contributed by atoms with Crippen molar-refractivity contribution in [3.05, 3.63) is 35.1 Å². The van der Waals surface area contributed by atoms with E-state index < -0.39 is 23.5 Å². The predicted octanol–water partition coefficient (Wildman–Crippen LogP) is 2.92. The maximum atomic E-state index is 13.1. The summed E-state index contributed by atoms with van der Waals surface area (Å²) in [6.07, 6.45) is 1.66. The van der Waals surface area contributed by atoms with Crippen LogP contribution in [-0.4, -0.2) is 17.8 Å². The maximum absolute atomic E-state index is 13.1. The molecule has 1 aromatic rings. The molecule has 0 radical (unpaired) electrons. The summed E-state index contributed by atoms with van der Waals surface area (Å²) in [5, 5.41) is 12.4. The lowest BCUT2D eigenvalue weighted by atomic mass is 10.0. The van der Waals surface area contributed by atoms with E-state index in [1.165, 1.54) is 0 Å². The van der Waals surface area contributed by atoms with Crippen molar-refractivity contribution in [1.29, 1.82) is 0 Å². The fraction of sp³-hybridized carbons (Fsp3) is 0.538. The molecule has 2 N–H and O–H groups in total. The minimum atomic E-state index is -1.49. The number of aliphatic hydroxyl groups excluding tert-OH is 1. The first-order chi connectivity index (χ1) is 8.53. The normalized spacial score (nSPS) is 13.1. The van der Waals surface area contributed by atoms with Crippen LogP contribution in [-0.2, 0) is 0 Å². The lowest BCUT2D eigenvalue weighted by Gasteiger charge is -2.23. The SMILES string of the molecule is CCC(CC)NC(CO)c1cc(F)c(F)c(F)c1. The van der Waals surface area contributed by atoms with Gasteiger partial charge in [-0.15, -0.1) is 0 Å². The van der Waals surface area contributed by atoms with E-state index in [2.05, 4.69) is 5.32 Å². The van der Waals surface area contributed by atoms with E-state index in [-0.39, 0.29) is 18.2 Å². The molecule has 0 saturated heterocycles. The zero-order valence-corrected chi connectivity index (χ0v) is 10.5. The monoisotopic (exact) mass is 261 g/mol. The van der Waals surface area contributed by atoms with E-state index in [0.29, 0.717) is 0 Å². The molecule has 0 bridgehead atoms. The third kappa shape index (κ3) is 3.46. The molecule has 102 valence electrons. The van der Waals surface area contributed by atoms with Gasteiger partial charge in [-0.05, 0) is 30.5 Å². The summed E-state index contributed by atoms with van der Waals surface area (Å²) in [5.41, 5.74) is 0.209. The van der Waals surface area contributed by atoms with Crippen LogP contribution in [0.1, 0.15) is 38.3 Å². The molecule has 0 spiro atoms. The number of aliphatic hydroxyl groups is 1. The first-order valence-electron chi connectivity index (χ1n) is 6.04. The van der Waals surface area contributed by atoms with Crippen LogP contribution in [0.2, 0.25) is 0 Å². The molecule has 1 rings (SSSR count). The summed E-state index contributed by atoms with van der Waals surface area (Å²) in [6.45, 7) is 3.64. The minimum absolute atomic E-state index is 0.137. The van der Waals surface area contributed by atoms with E-state index >= 15 is 0 Å². The van der Waals surface area contributed by atoms with Gasteiger partial charge in [0.2, 0.25) is 0 Å². The van der Waals surface area contributed by atoms with Crippen molar-refractivity contribution in [3.8, 4) is 0 Å². The third-order valence-electron chi connectivity index (χ3n) is 3.01. The van der Waals surface area contributed by atoms with E-state index in [4.69, 9.17) is 0 Å². The van der Waals surface area contributed by atoms with Crippen LogP contribution in [0.3, 0.4) is 0 Å². The Bertz CT molecular complexity index is 371. The van der Waals surface area contributed by atoms with Crippen LogP contribution in [0.4, 0.5) is 13.2 Å². The average Bonchev–Trinajstić information content (AvgIpc) is 2.37. The number of halogens is 3. The Kier molecular flexibility index (Phi) is 5.62. The molecule has 0 fully saturated rings. The van der Waals surface area contributed by atoms with Crippen LogP contribution in [0.25, 0.3) is 0 Å². The summed E-state index contributed by atoms with van der Waals surface area (Å²) >= 11 is 0. The van der Waals surface area contributed by atoms with Gasteiger partial charge in [0.25, 0.3) is 0 Å². The molecule has 1 unspecified atom stereocenters. The van der Waals surface area contributed by atoms with Gasteiger partial charge in [0.1, 0.15) is 0 Å². The smallest absolute Gasteiger partial charge is 0.194 e. The fourth-order valence-electron chi connectivity index (χ4n) is 1.84. The third-order valence-corrected chi connectivity index (χ3v) is 3.01. The number of rotatable bonds is 6. The zero-order chi connectivity index (χ0) is 13.7. The first kappa shape index (κ1) is 15.0. The Hall–Kier alpha value is -1.07. The summed E-state index contributed by atoms with van der Waals surface area (Å²) < 4.78 is 39.1. The summed E-state index contributed by atoms with van der Waals surface area (Å²) in [4.78, 5) is 0. The Balaban J connectivity index is 2.95. The quantitative estimate of drug-likeness (QED) is 0.772. The van der Waals surface area contributed by atoms with Crippen molar-refractivity contribution in [1.82, 2.24) is 5.32 Å². The van der Waals surface area contributed by atoms with Crippen molar-refractivity contribution < 1.29 is 18.3 Å². The van der Waals surface area contributed by atoms with Gasteiger partial charge in [0.05, 0.1) is 12.6 Å². The number of benzene rings is 1. The lowest BCUT2D eigenvalue weighted by molar-refractivity contribution is 0.229. The molecule has 0 heterocycles. The van der Waals surface area contributed by atoms with Gasteiger partial charge < -0.3 is 10.4 Å². The highest BCUT2D eigenvalue weighted by atomic mass is 19.2. The molecule has 0 saturated carbocycles. The van der Waals surface area contributed by atoms with E-state index in [9.17, 15) is 18.3 Å². The molecular formula is C13H18F3NO. The first-order valence-corrected chi connectivity index (χ1v) is 6.04. The summed E-state index contributed by atoms with van der Waals surface area (Å²) in [5.74, 6) is -3.97. The topological polar surface area (TPSA) is 32.3 Å². The summed E-state index contributed by atoms with van der Waals surface area (Å²) in [6, 6.07) is 1.36. The Morgan fingerprint density at radius 1 is 1.11 bits per heavy atom. The molecule has 5 heteroatoms. The molecule has 0 aromatic heterocycles. The Morgan fingerprint density at radius 2 is 1.61 bits per heavy atom. The largest absolute Gasteiger partial charge is 0.394 e. The van der Waals surface area contributed by atoms with E-state index in [0.717, 1.165) is 25.0 Å². The number of hydrogen-bond donors (Lipinski definition) is 2. The van der Waals surface area contributed by atoms with Crippen LogP contribution in [0.5, 0.6) is 0 Å². The van der Waals surface area contributed by atoms with Crippen LogP contribution < -0.4 is 5.32 Å². The molecule has 2 nitrogen and oxygen atoms in total. The fourth-order valence-corrected chi connectivity index (χ4v) is 1.84. The van der Waals surface area contributed by atoms with Crippen molar-refractivity contribution in [2.45, 2.75) is 38.8 Å². The maximum Gasteiger partial charge on any atom is 0.194 e. The van der Waals surface area contributed by atoms with Crippen molar-refractivity contribution >= 4 is 0 Å². The van der Waals surface area contributed by atoms with Crippen molar-refractivity contribution in [3.63, 3.8) is 0 Å². The molecule has 0 aliphatic rings. The molecule has 1 aromatic carbocycles. The highest BCUT2D eigenvalue weighted by Crippen LogP contribution is 2.20. The lowest BCUT2D eigenvalue weighted by Crippen LogP contribution is -2.34. The molecule has 0 aliphatic carbocycles. The second-order valence-electron chi connectivity index (χ2n) is 4.21. The van der Waals surface area contributed by atoms with Gasteiger partial charge in [-0.1, -0.05) is 13.8 Å². The predicted molar refractivity (Wildman–Crippen MR) is 63.6 cm³/mol. The van der Waals surface area contributed by atoms with Crippen LogP contribution >= 0.6 is 0 Å². The molecule has 0 amide bonds. The number of hydrogen-bond acceptors (Lipinski definition) is 2.